The Morgan fingerprint density at radius 2 is 1.75 bits per heavy atom. The fourth-order valence-corrected chi connectivity index (χ4v) is 3.85. The second-order valence-electron chi connectivity index (χ2n) is 6.08. The molecule has 24 heavy (non-hydrogen) atoms. The summed E-state index contributed by atoms with van der Waals surface area (Å²) in [6, 6.07) is 17.4. The van der Waals surface area contributed by atoms with E-state index in [9.17, 15) is 9.90 Å². The van der Waals surface area contributed by atoms with E-state index in [1.54, 1.807) is 0 Å². The Morgan fingerprint density at radius 3 is 2.42 bits per heavy atom. The van der Waals surface area contributed by atoms with E-state index < -0.39 is 12.1 Å². The molecule has 4 heteroatoms. The van der Waals surface area contributed by atoms with Crippen molar-refractivity contribution in [3.63, 3.8) is 0 Å². The van der Waals surface area contributed by atoms with Crippen LogP contribution < -0.4 is 0 Å². The predicted octanol–water partition coefficient (Wildman–Crippen LogP) is 5.36. The lowest BCUT2D eigenvalue weighted by Gasteiger charge is -2.25. The van der Waals surface area contributed by atoms with Crippen LogP contribution in [0.15, 0.2) is 70.2 Å². The van der Waals surface area contributed by atoms with Gasteiger partial charge in [-0.05, 0) is 23.1 Å². The molecule has 0 radical (unpaired) electrons. The highest BCUT2D eigenvalue weighted by Crippen LogP contribution is 2.40. The van der Waals surface area contributed by atoms with Gasteiger partial charge in [0.15, 0.2) is 0 Å². The average molecular weight is 340 g/mol. The molecule has 1 heterocycles. The molecule has 2 aromatic rings. The highest BCUT2D eigenvalue weighted by atomic mass is 32.2. The molecule has 0 fully saturated rings. The van der Waals surface area contributed by atoms with Crippen molar-refractivity contribution >= 4 is 17.7 Å². The van der Waals surface area contributed by atoms with Crippen LogP contribution in [0.4, 0.5) is 0 Å². The van der Waals surface area contributed by atoms with E-state index in [0.29, 0.717) is 12.3 Å². The summed E-state index contributed by atoms with van der Waals surface area (Å²) in [7, 11) is 0. The van der Waals surface area contributed by atoms with Crippen LogP contribution in [-0.2, 0) is 9.53 Å². The zero-order chi connectivity index (χ0) is 17.1. The third kappa shape index (κ3) is 3.49. The number of rotatable bonds is 4. The minimum absolute atomic E-state index is 0.101. The van der Waals surface area contributed by atoms with Crippen molar-refractivity contribution < 1.29 is 14.6 Å². The summed E-state index contributed by atoms with van der Waals surface area (Å²) < 4.78 is 5.55. The van der Waals surface area contributed by atoms with Gasteiger partial charge in [0, 0.05) is 11.3 Å². The summed E-state index contributed by atoms with van der Waals surface area (Å²) >= 11 is 1.29. The first kappa shape index (κ1) is 16.7. The normalized spacial score (nSPS) is 18.0. The Kier molecular flexibility index (Phi) is 4.95. The Balaban J connectivity index is 1.86. The molecule has 124 valence electrons. The summed E-state index contributed by atoms with van der Waals surface area (Å²) in [5, 5.41) is 10.4. The molecule has 0 aliphatic carbocycles. The zero-order valence-corrected chi connectivity index (χ0v) is 14.5. The molecule has 2 aromatic carbocycles. The third-order valence-corrected chi connectivity index (χ3v) is 5.20. The number of aliphatic hydroxyl groups is 1. The highest BCUT2D eigenvalue weighted by Gasteiger charge is 2.31. The first-order chi connectivity index (χ1) is 11.6. The number of aliphatic hydroxyl groups excluding tert-OH is 1. The fourth-order valence-electron chi connectivity index (χ4n) is 2.73. The zero-order valence-electron chi connectivity index (χ0n) is 13.7. The van der Waals surface area contributed by atoms with Crippen molar-refractivity contribution in [2.24, 2.45) is 0 Å². The monoisotopic (exact) mass is 340 g/mol. The van der Waals surface area contributed by atoms with E-state index in [4.69, 9.17) is 4.74 Å². The van der Waals surface area contributed by atoms with Crippen LogP contribution in [-0.4, -0.2) is 11.1 Å². The van der Waals surface area contributed by atoms with E-state index >= 15 is 0 Å². The minimum atomic E-state index is -0.462. The molecule has 1 unspecified atom stereocenters. The minimum Gasteiger partial charge on any atom is -0.511 e. The van der Waals surface area contributed by atoms with Crippen molar-refractivity contribution in [2.75, 3.05) is 0 Å². The van der Waals surface area contributed by atoms with Gasteiger partial charge in [-0.1, -0.05) is 74.1 Å². The van der Waals surface area contributed by atoms with Gasteiger partial charge in [-0.15, -0.1) is 0 Å². The number of carbonyl (C=O) groups is 1. The van der Waals surface area contributed by atoms with Gasteiger partial charge in [-0.25, -0.2) is 4.79 Å². The van der Waals surface area contributed by atoms with Crippen molar-refractivity contribution in [3.8, 4) is 0 Å². The molecule has 3 rings (SSSR count). The van der Waals surface area contributed by atoms with E-state index in [-0.39, 0.29) is 10.7 Å². The second-order valence-corrected chi connectivity index (χ2v) is 7.13. The molecule has 0 amide bonds. The maximum absolute atomic E-state index is 12.4. The quantitative estimate of drug-likeness (QED) is 0.761. The van der Waals surface area contributed by atoms with Gasteiger partial charge in [0.1, 0.15) is 16.8 Å². The van der Waals surface area contributed by atoms with Crippen molar-refractivity contribution in [1.82, 2.24) is 0 Å². The summed E-state index contributed by atoms with van der Waals surface area (Å²) in [6.07, 6.45) is -0.120. The van der Waals surface area contributed by atoms with Crippen LogP contribution in [0.2, 0.25) is 0 Å². The van der Waals surface area contributed by atoms with E-state index in [0.717, 1.165) is 16.0 Å². The summed E-state index contributed by atoms with van der Waals surface area (Å²) in [5.41, 5.74) is 2.05. The van der Waals surface area contributed by atoms with Crippen molar-refractivity contribution in [2.45, 2.75) is 37.2 Å². The SMILES string of the molecule is CC(C)c1ccccc1SC1=C(O)CC(c2ccccc2)OC1=O. The number of carbonyl (C=O) groups excluding carboxylic acids is 1. The third-order valence-electron chi connectivity index (χ3n) is 4.00. The molecule has 0 spiro atoms. The van der Waals surface area contributed by atoms with E-state index in [2.05, 4.69) is 13.8 Å². The molecule has 0 saturated heterocycles. The number of thioether (sulfide) groups is 1. The molecule has 3 nitrogen and oxygen atoms in total. The van der Waals surface area contributed by atoms with Crippen LogP contribution in [0.3, 0.4) is 0 Å². The average Bonchev–Trinajstić information content (AvgIpc) is 2.59. The van der Waals surface area contributed by atoms with Crippen molar-refractivity contribution in [1.29, 1.82) is 0 Å². The van der Waals surface area contributed by atoms with Crippen LogP contribution >= 0.6 is 11.8 Å². The second kappa shape index (κ2) is 7.14. The van der Waals surface area contributed by atoms with E-state index in [1.165, 1.54) is 11.8 Å². The largest absolute Gasteiger partial charge is 0.511 e. The smallest absolute Gasteiger partial charge is 0.349 e. The Labute approximate surface area is 146 Å². The Bertz CT molecular complexity index is 765. The lowest BCUT2D eigenvalue weighted by atomic mass is 10.0. The van der Waals surface area contributed by atoms with Crippen LogP contribution in [0.5, 0.6) is 0 Å². The number of cyclic esters (lactones) is 1. The summed E-state index contributed by atoms with van der Waals surface area (Å²) in [5.74, 6) is -0.0204. The maximum Gasteiger partial charge on any atom is 0.349 e. The molecule has 0 saturated carbocycles. The van der Waals surface area contributed by atoms with Crippen molar-refractivity contribution in [3.05, 3.63) is 76.4 Å². The van der Waals surface area contributed by atoms with Gasteiger partial charge in [0.05, 0.1) is 0 Å². The number of esters is 1. The van der Waals surface area contributed by atoms with Gasteiger partial charge in [-0.2, -0.15) is 0 Å². The molecule has 1 atom stereocenters. The topological polar surface area (TPSA) is 46.5 Å². The van der Waals surface area contributed by atoms with Crippen LogP contribution in [0.25, 0.3) is 0 Å². The van der Waals surface area contributed by atoms with Gasteiger partial charge in [0.25, 0.3) is 0 Å². The van der Waals surface area contributed by atoms with Gasteiger partial charge < -0.3 is 9.84 Å². The van der Waals surface area contributed by atoms with Gasteiger partial charge >= 0.3 is 5.97 Å². The maximum atomic E-state index is 12.4. The molecular weight excluding hydrogens is 320 g/mol. The molecule has 0 bridgehead atoms. The number of benzene rings is 2. The predicted molar refractivity (Wildman–Crippen MR) is 95.9 cm³/mol. The molecule has 1 N–H and O–H groups in total. The van der Waals surface area contributed by atoms with Gasteiger partial charge in [0.2, 0.25) is 0 Å². The molecule has 1 aliphatic rings. The first-order valence-corrected chi connectivity index (χ1v) is 8.82. The Morgan fingerprint density at radius 1 is 1.08 bits per heavy atom. The molecular formula is C20H20O3S. The number of hydrogen-bond donors (Lipinski definition) is 1. The lowest BCUT2D eigenvalue weighted by Crippen LogP contribution is -2.20. The van der Waals surface area contributed by atoms with E-state index in [1.807, 2.05) is 54.6 Å². The fraction of sp³-hybridized carbons (Fsp3) is 0.250. The van der Waals surface area contributed by atoms with Gasteiger partial charge in [-0.3, -0.25) is 0 Å². The first-order valence-electron chi connectivity index (χ1n) is 8.01. The highest BCUT2D eigenvalue weighted by molar-refractivity contribution is 8.04. The lowest BCUT2D eigenvalue weighted by molar-refractivity contribution is -0.146. The number of ether oxygens (including phenoxy) is 1. The number of hydrogen-bond acceptors (Lipinski definition) is 4. The Hall–Kier alpha value is -2.20. The van der Waals surface area contributed by atoms with Crippen LogP contribution in [0.1, 0.15) is 43.4 Å². The molecule has 0 aromatic heterocycles. The summed E-state index contributed by atoms with van der Waals surface area (Å²) in [4.78, 5) is 13.7. The van der Waals surface area contributed by atoms with Crippen LogP contribution in [0, 0.1) is 0 Å². The molecule has 1 aliphatic heterocycles. The summed E-state index contributed by atoms with van der Waals surface area (Å²) in [6.45, 7) is 4.22. The standard InChI is InChI=1S/C20H20O3S/c1-13(2)15-10-6-7-11-18(15)24-19-16(21)12-17(23-20(19)22)14-8-4-3-5-9-14/h3-11,13,17,21H,12H2,1-2H3.